The van der Waals surface area contributed by atoms with Crippen molar-refractivity contribution in [3.63, 3.8) is 0 Å². The summed E-state index contributed by atoms with van der Waals surface area (Å²) in [5.41, 5.74) is 0. The number of rotatable bonds is 47. The van der Waals surface area contributed by atoms with Crippen molar-refractivity contribution in [2.45, 2.75) is 71.1 Å². The second kappa shape index (κ2) is 48.5. The van der Waals surface area contributed by atoms with Gasteiger partial charge in [0, 0.05) is 13.2 Å². The highest BCUT2D eigenvalue weighted by atomic mass is 16.6. The molecule has 0 atom stereocenters. The molecule has 0 aromatic heterocycles. The van der Waals surface area contributed by atoms with Crippen LogP contribution >= 0.6 is 0 Å². The maximum Gasteiger partial charge on any atom is 0.0701 e. The fourth-order valence-electron chi connectivity index (χ4n) is 4.39. The van der Waals surface area contributed by atoms with Crippen molar-refractivity contribution in [2.24, 2.45) is 0 Å². The normalized spacial score (nSPS) is 11.6. The summed E-state index contributed by atoms with van der Waals surface area (Å²) in [7, 11) is 1.90. The Morgan fingerprint density at radius 2 is 0.440 bits per heavy atom. The summed E-state index contributed by atoms with van der Waals surface area (Å²) in [4.78, 5) is 0. The molecule has 0 fully saturated rings. The molecule has 0 bridgehead atoms. The number of hydrogen-bond acceptors (Lipinski definition) is 13. The zero-order valence-corrected chi connectivity index (χ0v) is 32.1. The quantitative estimate of drug-likeness (QED) is 0.0897. The molecule has 13 heteroatoms. The zero-order chi connectivity index (χ0) is 35.9. The van der Waals surface area contributed by atoms with Gasteiger partial charge in [0.1, 0.15) is 0 Å². The number of hydrogen-bond donors (Lipinski definition) is 1. The van der Waals surface area contributed by atoms with Gasteiger partial charge in [-0.3, -0.25) is 0 Å². The summed E-state index contributed by atoms with van der Waals surface area (Å²) in [5, 5.41) is 3.02. The van der Waals surface area contributed by atoms with Crippen molar-refractivity contribution in [2.75, 3.05) is 172 Å². The van der Waals surface area contributed by atoms with Crippen molar-refractivity contribution in [1.29, 1.82) is 0 Å². The van der Waals surface area contributed by atoms with Gasteiger partial charge in [-0.1, -0.05) is 64.7 Å². The van der Waals surface area contributed by atoms with Gasteiger partial charge in [0.2, 0.25) is 0 Å². The molecule has 0 rings (SSSR count). The molecule has 0 saturated heterocycles. The van der Waals surface area contributed by atoms with Gasteiger partial charge in [0.05, 0.1) is 152 Å². The Kier molecular flexibility index (Phi) is 48.0. The molecule has 0 radical (unpaired) electrons. The van der Waals surface area contributed by atoms with Crippen LogP contribution in [0.1, 0.15) is 71.1 Å². The van der Waals surface area contributed by atoms with Crippen LogP contribution in [0, 0.1) is 0 Å². The Bertz CT molecular complexity index is 535. The van der Waals surface area contributed by atoms with Crippen molar-refractivity contribution < 1.29 is 56.8 Å². The van der Waals surface area contributed by atoms with Crippen LogP contribution in [0.2, 0.25) is 0 Å². The van der Waals surface area contributed by atoms with Gasteiger partial charge in [-0.2, -0.15) is 0 Å². The third kappa shape index (κ3) is 47.5. The maximum atomic E-state index is 5.65. The molecule has 0 aromatic rings. The minimum absolute atomic E-state index is 0.519. The standard InChI is InChI=1S/C37H77NO12/c1-3-4-5-6-7-8-9-10-11-12-14-39-16-18-41-20-22-43-24-26-45-28-30-47-32-34-49-36-37-50-35-33-48-31-29-46-27-25-44-23-21-42-19-17-40-15-13-38-2/h38H,3-37H2,1-2H3. The third-order valence-corrected chi connectivity index (χ3v) is 7.23. The lowest BCUT2D eigenvalue weighted by atomic mass is 10.1. The Morgan fingerprint density at radius 1 is 0.240 bits per heavy atom. The highest BCUT2D eigenvalue weighted by molar-refractivity contribution is 4.48. The molecule has 302 valence electrons. The first kappa shape index (κ1) is 49.5. The Hall–Kier alpha value is -0.520. The molecule has 13 nitrogen and oxygen atoms in total. The van der Waals surface area contributed by atoms with Crippen LogP contribution in [0.25, 0.3) is 0 Å². The third-order valence-electron chi connectivity index (χ3n) is 7.23. The number of likely N-dealkylation sites (N-methyl/N-ethyl adjacent to an activating group) is 1. The predicted molar refractivity (Wildman–Crippen MR) is 196 cm³/mol. The summed E-state index contributed by atoms with van der Waals surface area (Å²) in [5.74, 6) is 0. The van der Waals surface area contributed by atoms with E-state index in [1.807, 2.05) is 7.05 Å². The summed E-state index contributed by atoms with van der Waals surface area (Å²) >= 11 is 0. The fourth-order valence-corrected chi connectivity index (χ4v) is 4.39. The molecule has 0 aliphatic rings. The largest absolute Gasteiger partial charge is 0.379 e. The van der Waals surface area contributed by atoms with E-state index >= 15 is 0 Å². The molecule has 0 aliphatic heterocycles. The Balaban J connectivity index is 3.04. The number of nitrogens with one attached hydrogen (secondary N) is 1. The van der Waals surface area contributed by atoms with Crippen molar-refractivity contribution in [1.82, 2.24) is 5.32 Å². The van der Waals surface area contributed by atoms with Crippen LogP contribution in [0.15, 0.2) is 0 Å². The molecule has 1 N–H and O–H groups in total. The van der Waals surface area contributed by atoms with E-state index < -0.39 is 0 Å². The Labute approximate surface area is 305 Å². The predicted octanol–water partition coefficient (Wildman–Crippen LogP) is 4.33. The average molecular weight is 728 g/mol. The number of ether oxygens (including phenoxy) is 12. The van der Waals surface area contributed by atoms with Gasteiger partial charge in [-0.25, -0.2) is 0 Å². The molecule has 0 unspecified atom stereocenters. The van der Waals surface area contributed by atoms with Gasteiger partial charge in [-0.05, 0) is 13.5 Å². The fraction of sp³-hybridized carbons (Fsp3) is 1.00. The lowest BCUT2D eigenvalue weighted by Crippen LogP contribution is -2.17. The molecule has 0 amide bonds. The molecule has 0 spiro atoms. The van der Waals surface area contributed by atoms with E-state index in [4.69, 9.17) is 56.8 Å². The van der Waals surface area contributed by atoms with Crippen LogP contribution in [0.3, 0.4) is 0 Å². The number of unbranched alkanes of at least 4 members (excludes halogenated alkanes) is 9. The smallest absolute Gasteiger partial charge is 0.0701 e. The molecule has 0 aliphatic carbocycles. The maximum absolute atomic E-state index is 5.65. The van der Waals surface area contributed by atoms with E-state index in [0.717, 1.165) is 19.6 Å². The SMILES string of the molecule is CCCCCCCCCCCCOCCOCCOCCOCCOCCOCCOCCOCCOCCOCCOCCOCCNC. The summed E-state index contributed by atoms with van der Waals surface area (Å²) < 4.78 is 66.0. The molecule has 50 heavy (non-hydrogen) atoms. The highest BCUT2D eigenvalue weighted by Crippen LogP contribution is 2.10. The first-order valence-electron chi connectivity index (χ1n) is 19.5. The average Bonchev–Trinajstić information content (AvgIpc) is 3.13. The summed E-state index contributed by atoms with van der Waals surface area (Å²) in [6.07, 6.45) is 13.4. The van der Waals surface area contributed by atoms with Gasteiger partial charge >= 0.3 is 0 Å². The Morgan fingerprint density at radius 3 is 0.680 bits per heavy atom. The van der Waals surface area contributed by atoms with Crippen LogP contribution < -0.4 is 5.32 Å². The molecule has 0 aromatic carbocycles. The summed E-state index contributed by atoms with van der Waals surface area (Å²) in [6.45, 7) is 16.7. The molecule has 0 heterocycles. The van der Waals surface area contributed by atoms with Crippen LogP contribution in [0.4, 0.5) is 0 Å². The highest BCUT2D eigenvalue weighted by Gasteiger charge is 1.97. The van der Waals surface area contributed by atoms with Crippen molar-refractivity contribution >= 4 is 0 Å². The molecular weight excluding hydrogens is 650 g/mol. The van der Waals surface area contributed by atoms with Crippen LogP contribution in [-0.4, -0.2) is 172 Å². The lowest BCUT2D eigenvalue weighted by molar-refractivity contribution is -0.0283. The van der Waals surface area contributed by atoms with Crippen molar-refractivity contribution in [3.8, 4) is 0 Å². The van der Waals surface area contributed by atoms with Gasteiger partial charge in [0.15, 0.2) is 0 Å². The van der Waals surface area contributed by atoms with E-state index in [1.165, 1.54) is 57.8 Å². The van der Waals surface area contributed by atoms with E-state index in [1.54, 1.807) is 0 Å². The first-order chi connectivity index (χ1) is 24.9. The van der Waals surface area contributed by atoms with Gasteiger partial charge < -0.3 is 62.2 Å². The second-order valence-corrected chi connectivity index (χ2v) is 11.6. The van der Waals surface area contributed by atoms with Crippen LogP contribution in [0.5, 0.6) is 0 Å². The zero-order valence-electron chi connectivity index (χ0n) is 32.1. The van der Waals surface area contributed by atoms with E-state index in [9.17, 15) is 0 Å². The first-order valence-corrected chi connectivity index (χ1v) is 19.5. The topological polar surface area (TPSA) is 123 Å². The van der Waals surface area contributed by atoms with Gasteiger partial charge in [-0.15, -0.1) is 0 Å². The van der Waals surface area contributed by atoms with E-state index in [-0.39, 0.29) is 0 Å². The van der Waals surface area contributed by atoms with E-state index in [2.05, 4.69) is 12.2 Å². The summed E-state index contributed by atoms with van der Waals surface area (Å²) in [6, 6.07) is 0. The van der Waals surface area contributed by atoms with Crippen molar-refractivity contribution in [3.05, 3.63) is 0 Å². The minimum Gasteiger partial charge on any atom is -0.379 e. The van der Waals surface area contributed by atoms with Gasteiger partial charge in [0.25, 0.3) is 0 Å². The van der Waals surface area contributed by atoms with Crippen LogP contribution in [-0.2, 0) is 56.8 Å². The molecule has 0 saturated carbocycles. The van der Waals surface area contributed by atoms with E-state index in [0.29, 0.717) is 152 Å². The minimum atomic E-state index is 0.519. The lowest BCUT2D eigenvalue weighted by Gasteiger charge is -2.09. The second-order valence-electron chi connectivity index (χ2n) is 11.6. The molecular formula is C37H77NO12. The monoisotopic (exact) mass is 728 g/mol.